The van der Waals surface area contributed by atoms with Crippen LogP contribution in [0.5, 0.6) is 28.7 Å². The molecular formula is C29H31F2N5O6. The summed E-state index contributed by atoms with van der Waals surface area (Å²) in [6.07, 6.45) is 1.45. The van der Waals surface area contributed by atoms with Crippen molar-refractivity contribution in [1.29, 1.82) is 0 Å². The number of primary amides is 1. The van der Waals surface area contributed by atoms with Gasteiger partial charge in [0.05, 0.1) is 32.0 Å². The van der Waals surface area contributed by atoms with E-state index in [1.165, 1.54) is 39.7 Å². The lowest BCUT2D eigenvalue weighted by molar-refractivity contribution is 0.0997. The molecule has 0 aliphatic rings. The molecule has 0 bridgehead atoms. The normalized spacial score (nSPS) is 10.9. The first-order valence-electron chi connectivity index (χ1n) is 12.8. The Hall–Kier alpha value is -4.75. The van der Waals surface area contributed by atoms with Crippen molar-refractivity contribution >= 4 is 22.6 Å². The van der Waals surface area contributed by atoms with Gasteiger partial charge in [-0.05, 0) is 31.3 Å². The van der Waals surface area contributed by atoms with Crippen LogP contribution in [-0.4, -0.2) is 70.6 Å². The summed E-state index contributed by atoms with van der Waals surface area (Å²) >= 11 is 0. The highest BCUT2D eigenvalue weighted by Crippen LogP contribution is 2.40. The van der Waals surface area contributed by atoms with Crippen molar-refractivity contribution in [3.63, 3.8) is 0 Å². The summed E-state index contributed by atoms with van der Waals surface area (Å²) in [6.45, 7) is 1.75. The lowest BCUT2D eigenvalue weighted by Crippen LogP contribution is -2.17. The van der Waals surface area contributed by atoms with Gasteiger partial charge in [0.2, 0.25) is 0 Å². The molecule has 42 heavy (non-hydrogen) atoms. The van der Waals surface area contributed by atoms with Crippen molar-refractivity contribution in [2.24, 2.45) is 5.73 Å². The number of anilines is 1. The topological polar surface area (TPSA) is 139 Å². The fourth-order valence-corrected chi connectivity index (χ4v) is 4.16. The smallest absolute Gasteiger partial charge is 0.254 e. The van der Waals surface area contributed by atoms with Crippen LogP contribution in [0.25, 0.3) is 22.2 Å². The fraction of sp³-hybridized carbons (Fsp3) is 0.276. The molecule has 0 unspecified atom stereocenters. The van der Waals surface area contributed by atoms with E-state index in [-0.39, 0.29) is 34.1 Å². The van der Waals surface area contributed by atoms with E-state index in [4.69, 9.17) is 29.4 Å². The van der Waals surface area contributed by atoms with E-state index in [0.29, 0.717) is 48.7 Å². The highest BCUT2D eigenvalue weighted by atomic mass is 19.1. The maximum Gasteiger partial charge on any atom is 0.254 e. The Morgan fingerprint density at radius 1 is 0.929 bits per heavy atom. The maximum atomic E-state index is 15.5. The van der Waals surface area contributed by atoms with Gasteiger partial charge in [0, 0.05) is 49.5 Å². The maximum absolute atomic E-state index is 15.5. The van der Waals surface area contributed by atoms with Crippen LogP contribution in [0.1, 0.15) is 10.4 Å². The van der Waals surface area contributed by atoms with Gasteiger partial charge in [-0.3, -0.25) is 9.78 Å². The fourth-order valence-electron chi connectivity index (χ4n) is 4.16. The number of carbonyl (C=O) groups is 1. The number of hydrogen-bond acceptors (Lipinski definition) is 10. The molecule has 222 valence electrons. The number of aromatic nitrogens is 2. The van der Waals surface area contributed by atoms with Gasteiger partial charge in [0.15, 0.2) is 28.9 Å². The van der Waals surface area contributed by atoms with E-state index in [0.717, 1.165) is 12.1 Å². The summed E-state index contributed by atoms with van der Waals surface area (Å²) in [6, 6.07) is 8.22. The van der Waals surface area contributed by atoms with Gasteiger partial charge in [-0.2, -0.15) is 0 Å². The number of fused-ring (bicyclic) bond motifs is 1. The van der Waals surface area contributed by atoms with Gasteiger partial charge in [-0.25, -0.2) is 13.8 Å². The van der Waals surface area contributed by atoms with Crippen LogP contribution in [0, 0.1) is 11.6 Å². The number of nitrogens with zero attached hydrogens (tertiary/aromatic N) is 2. The molecular weight excluding hydrogens is 552 g/mol. The largest absolute Gasteiger partial charge is 0.496 e. The number of nitrogens with two attached hydrogens (primary N) is 1. The second kappa shape index (κ2) is 13.7. The lowest BCUT2D eigenvalue weighted by Gasteiger charge is -2.16. The number of halogens is 2. The Kier molecular flexibility index (Phi) is 9.89. The Labute approximate surface area is 240 Å². The lowest BCUT2D eigenvalue weighted by atomic mass is 10.0. The van der Waals surface area contributed by atoms with Crippen LogP contribution < -0.4 is 35.3 Å². The minimum absolute atomic E-state index is 0.0514. The molecule has 2 aromatic heterocycles. The zero-order valence-electron chi connectivity index (χ0n) is 23.5. The first kappa shape index (κ1) is 30.2. The molecule has 2 aromatic carbocycles. The predicted octanol–water partition coefficient (Wildman–Crippen LogP) is 4.14. The molecule has 0 saturated heterocycles. The van der Waals surface area contributed by atoms with Crippen molar-refractivity contribution in [2.45, 2.75) is 0 Å². The second-order valence-electron chi connectivity index (χ2n) is 8.87. The van der Waals surface area contributed by atoms with Crippen LogP contribution in [0.2, 0.25) is 0 Å². The van der Waals surface area contributed by atoms with Crippen molar-refractivity contribution in [3.8, 4) is 40.0 Å². The average molecular weight is 584 g/mol. The quantitative estimate of drug-likeness (QED) is 0.186. The molecule has 0 atom stereocenters. The molecule has 0 saturated carbocycles. The summed E-state index contributed by atoms with van der Waals surface area (Å²) < 4.78 is 58.3. The van der Waals surface area contributed by atoms with Crippen LogP contribution >= 0.6 is 0 Å². The first-order chi connectivity index (χ1) is 20.3. The molecule has 0 fully saturated rings. The van der Waals surface area contributed by atoms with E-state index in [9.17, 15) is 4.79 Å². The van der Waals surface area contributed by atoms with Crippen LogP contribution in [0.4, 0.5) is 14.6 Å². The van der Waals surface area contributed by atoms with Crippen molar-refractivity contribution in [2.75, 3.05) is 60.0 Å². The summed E-state index contributed by atoms with van der Waals surface area (Å²) in [5.74, 6) is -2.27. The number of rotatable bonds is 14. The monoisotopic (exact) mass is 583 g/mol. The van der Waals surface area contributed by atoms with Crippen LogP contribution in [0.15, 0.2) is 42.6 Å². The molecule has 0 spiro atoms. The number of carbonyl (C=O) groups excluding carboxylic acids is 1. The zero-order valence-corrected chi connectivity index (χ0v) is 23.5. The van der Waals surface area contributed by atoms with E-state index in [2.05, 4.69) is 20.6 Å². The van der Waals surface area contributed by atoms with Crippen LogP contribution in [0.3, 0.4) is 0 Å². The summed E-state index contributed by atoms with van der Waals surface area (Å²) in [5.41, 5.74) is 5.79. The number of ether oxygens (including phenoxy) is 5. The van der Waals surface area contributed by atoms with Gasteiger partial charge in [-0.1, -0.05) is 0 Å². The average Bonchev–Trinajstić information content (AvgIpc) is 2.98. The number of methoxy groups -OCH3 is 3. The molecule has 4 rings (SSSR count). The molecule has 0 aliphatic heterocycles. The minimum Gasteiger partial charge on any atom is -0.496 e. The molecule has 4 aromatic rings. The molecule has 13 heteroatoms. The van der Waals surface area contributed by atoms with E-state index in [1.54, 1.807) is 19.2 Å². The van der Waals surface area contributed by atoms with Gasteiger partial charge in [0.1, 0.15) is 29.5 Å². The number of benzene rings is 2. The highest BCUT2D eigenvalue weighted by Gasteiger charge is 2.23. The first-order valence-corrected chi connectivity index (χ1v) is 12.8. The highest BCUT2D eigenvalue weighted by molar-refractivity contribution is 6.02. The van der Waals surface area contributed by atoms with Gasteiger partial charge in [-0.15, -0.1) is 0 Å². The third-order valence-corrected chi connectivity index (χ3v) is 6.14. The Bertz CT molecular complexity index is 1560. The van der Waals surface area contributed by atoms with Gasteiger partial charge >= 0.3 is 0 Å². The molecule has 2 heterocycles. The predicted molar refractivity (Wildman–Crippen MR) is 153 cm³/mol. The van der Waals surface area contributed by atoms with E-state index >= 15 is 8.78 Å². The summed E-state index contributed by atoms with van der Waals surface area (Å²) in [5, 5.41) is 6.43. The molecule has 0 aliphatic carbocycles. The van der Waals surface area contributed by atoms with Gasteiger partial charge < -0.3 is 40.1 Å². The van der Waals surface area contributed by atoms with Crippen molar-refractivity contribution < 1.29 is 37.3 Å². The summed E-state index contributed by atoms with van der Waals surface area (Å²) in [7, 11) is 6.16. The van der Waals surface area contributed by atoms with Crippen molar-refractivity contribution in [1.82, 2.24) is 15.3 Å². The molecule has 1 amide bonds. The second-order valence-corrected chi connectivity index (χ2v) is 8.87. The molecule has 0 radical (unpaired) electrons. The molecule has 4 N–H and O–H groups in total. The number of amides is 1. The Balaban J connectivity index is 1.74. The standard InChI is InChI=1S/C29H31F2N5O6/c1-33-7-10-41-23-14-20-17(13-22(23)39-3)21(5-6-34-20)42-28-18(30)11-16(12-19(28)31)27-26(29(32)37)24(40-4)15-25(36-27)35-8-9-38-2/h5-6,11-15,33H,7-10H2,1-4H3,(H2,32,37)(H,35,36). The number of likely N-dealkylation sites (N-methyl/N-ethyl adjacent to an activating group) is 1. The van der Waals surface area contributed by atoms with Gasteiger partial charge in [0.25, 0.3) is 5.91 Å². The van der Waals surface area contributed by atoms with Crippen molar-refractivity contribution in [3.05, 3.63) is 59.8 Å². The Morgan fingerprint density at radius 2 is 1.67 bits per heavy atom. The third-order valence-electron chi connectivity index (χ3n) is 6.14. The third kappa shape index (κ3) is 6.58. The number of hydrogen-bond donors (Lipinski definition) is 3. The van der Waals surface area contributed by atoms with Crippen LogP contribution in [-0.2, 0) is 4.74 Å². The SMILES string of the molecule is CNCCOc1cc2nccc(Oc3c(F)cc(-c4nc(NCCOC)cc(OC)c4C(N)=O)cc3F)c2cc1OC. The molecule has 11 nitrogen and oxygen atoms in total. The minimum atomic E-state index is -1.04. The van der Waals surface area contributed by atoms with E-state index in [1.807, 2.05) is 0 Å². The van der Waals surface area contributed by atoms with E-state index < -0.39 is 23.3 Å². The summed E-state index contributed by atoms with van der Waals surface area (Å²) in [4.78, 5) is 21.0. The number of nitrogens with one attached hydrogen (secondary N) is 2. The number of pyridine rings is 2. The Morgan fingerprint density at radius 3 is 2.31 bits per heavy atom. The zero-order chi connectivity index (χ0) is 30.2.